The van der Waals surface area contributed by atoms with Gasteiger partial charge >= 0.3 is 5.97 Å². The zero-order chi connectivity index (χ0) is 19.6. The highest BCUT2D eigenvalue weighted by atomic mass is 16.5. The highest BCUT2D eigenvalue weighted by Gasteiger charge is 2.30. The van der Waals surface area contributed by atoms with Crippen molar-refractivity contribution in [3.63, 3.8) is 0 Å². The van der Waals surface area contributed by atoms with Gasteiger partial charge in [-0.05, 0) is 31.2 Å². The maximum absolute atomic E-state index is 12.6. The maximum atomic E-state index is 12.6. The summed E-state index contributed by atoms with van der Waals surface area (Å²) < 4.78 is 5.36. The summed E-state index contributed by atoms with van der Waals surface area (Å²) in [6, 6.07) is 8.31. The lowest BCUT2D eigenvalue weighted by molar-refractivity contribution is -0.130. The van der Waals surface area contributed by atoms with Crippen LogP contribution < -0.4 is 10.9 Å². The number of benzene rings is 1. The predicted molar refractivity (Wildman–Crippen MR) is 104 cm³/mol. The summed E-state index contributed by atoms with van der Waals surface area (Å²) in [5.41, 5.74) is 0.329. The molecule has 0 spiro atoms. The molecule has 1 aromatic heterocycles. The molecule has 0 saturated heterocycles. The molecule has 1 aliphatic carbocycles. The average molecular weight is 370 g/mol. The maximum Gasteiger partial charge on any atom is 0.339 e. The predicted octanol–water partition coefficient (Wildman–Crippen LogP) is 3.01. The highest BCUT2D eigenvalue weighted by molar-refractivity contribution is 6.03. The van der Waals surface area contributed by atoms with Gasteiger partial charge in [-0.1, -0.05) is 44.9 Å². The third-order valence-electron chi connectivity index (χ3n) is 5.66. The molecule has 0 unspecified atom stereocenters. The number of para-hydroxylation sites is 1. The lowest BCUT2D eigenvalue weighted by Gasteiger charge is -2.35. The van der Waals surface area contributed by atoms with Crippen LogP contribution in [0, 0.1) is 11.8 Å². The minimum atomic E-state index is -0.931. The Balaban J connectivity index is 1.71. The van der Waals surface area contributed by atoms with Crippen molar-refractivity contribution in [1.29, 1.82) is 0 Å². The van der Waals surface area contributed by atoms with Gasteiger partial charge in [0.25, 0.3) is 5.91 Å². The van der Waals surface area contributed by atoms with Crippen molar-refractivity contribution in [1.82, 2.24) is 10.3 Å². The van der Waals surface area contributed by atoms with Crippen LogP contribution in [0.15, 0.2) is 35.1 Å². The fourth-order valence-corrected chi connectivity index (χ4v) is 3.74. The molecule has 4 atom stereocenters. The first-order valence-electron chi connectivity index (χ1n) is 9.50. The minimum Gasteiger partial charge on any atom is -0.449 e. The van der Waals surface area contributed by atoms with Crippen molar-refractivity contribution in [3.05, 3.63) is 46.2 Å². The van der Waals surface area contributed by atoms with Crippen LogP contribution in [-0.4, -0.2) is 29.0 Å². The molecule has 1 heterocycles. The van der Waals surface area contributed by atoms with Gasteiger partial charge in [0.1, 0.15) is 0 Å². The molecule has 2 aromatic rings. The van der Waals surface area contributed by atoms with Crippen molar-refractivity contribution < 1.29 is 14.3 Å². The Morgan fingerprint density at radius 1 is 1.22 bits per heavy atom. The summed E-state index contributed by atoms with van der Waals surface area (Å²) >= 11 is 0. The number of ether oxygens (including phenoxy) is 1. The Kier molecular flexibility index (Phi) is 5.63. The van der Waals surface area contributed by atoms with Gasteiger partial charge in [-0.15, -0.1) is 0 Å². The van der Waals surface area contributed by atoms with Gasteiger partial charge in [0, 0.05) is 23.0 Å². The molecule has 0 bridgehead atoms. The van der Waals surface area contributed by atoms with Crippen LogP contribution in [0.1, 0.15) is 50.4 Å². The SMILES string of the molecule is C[C@@H]1[C@H](C)CCC[C@@H]1NC(=O)[C@@H](C)OC(=O)c1cc(=O)[nH]c2ccccc12. The normalized spacial score (nSPS) is 23.6. The summed E-state index contributed by atoms with van der Waals surface area (Å²) in [6.07, 6.45) is 2.27. The van der Waals surface area contributed by atoms with Crippen LogP contribution in [0.3, 0.4) is 0 Å². The third-order valence-corrected chi connectivity index (χ3v) is 5.66. The number of carbonyl (C=O) groups excluding carboxylic acids is 2. The Bertz CT molecular complexity index is 904. The zero-order valence-corrected chi connectivity index (χ0v) is 16.0. The van der Waals surface area contributed by atoms with Crippen molar-refractivity contribution in [2.24, 2.45) is 11.8 Å². The number of nitrogens with one attached hydrogen (secondary N) is 2. The van der Waals surface area contributed by atoms with E-state index in [1.807, 2.05) is 0 Å². The average Bonchev–Trinajstić information content (AvgIpc) is 2.64. The van der Waals surface area contributed by atoms with Crippen LogP contribution in [0.25, 0.3) is 10.9 Å². The van der Waals surface area contributed by atoms with Crippen molar-refractivity contribution in [2.45, 2.75) is 52.2 Å². The number of esters is 1. The summed E-state index contributed by atoms with van der Waals surface area (Å²) in [7, 11) is 0. The number of H-pyrrole nitrogens is 1. The molecule has 1 saturated carbocycles. The van der Waals surface area contributed by atoms with Gasteiger partial charge in [-0.25, -0.2) is 4.79 Å². The monoisotopic (exact) mass is 370 g/mol. The fourth-order valence-electron chi connectivity index (χ4n) is 3.74. The van der Waals surface area contributed by atoms with Crippen LogP contribution in [0.4, 0.5) is 0 Å². The first-order chi connectivity index (χ1) is 12.9. The summed E-state index contributed by atoms with van der Waals surface area (Å²) in [5.74, 6) is -0.0278. The van der Waals surface area contributed by atoms with Crippen LogP contribution in [0.5, 0.6) is 0 Å². The Hall–Kier alpha value is -2.63. The molecule has 1 aromatic carbocycles. The van der Waals surface area contributed by atoms with Crippen molar-refractivity contribution in [2.75, 3.05) is 0 Å². The summed E-state index contributed by atoms with van der Waals surface area (Å²) in [6.45, 7) is 5.90. The van der Waals surface area contributed by atoms with Crippen LogP contribution in [0.2, 0.25) is 0 Å². The number of rotatable bonds is 4. The summed E-state index contributed by atoms with van der Waals surface area (Å²) in [5, 5.41) is 3.61. The Labute approximate surface area is 158 Å². The van der Waals surface area contributed by atoms with E-state index in [0.29, 0.717) is 22.7 Å². The molecule has 27 heavy (non-hydrogen) atoms. The van der Waals surface area contributed by atoms with Gasteiger partial charge in [0.15, 0.2) is 6.10 Å². The topological polar surface area (TPSA) is 88.3 Å². The van der Waals surface area contributed by atoms with Crippen molar-refractivity contribution >= 4 is 22.8 Å². The molecule has 6 nitrogen and oxygen atoms in total. The molecule has 1 fully saturated rings. The second-order valence-electron chi connectivity index (χ2n) is 7.52. The van der Waals surface area contributed by atoms with Gasteiger partial charge in [0.05, 0.1) is 5.56 Å². The van der Waals surface area contributed by atoms with Crippen LogP contribution >= 0.6 is 0 Å². The molecule has 1 amide bonds. The van der Waals surface area contributed by atoms with Crippen LogP contribution in [-0.2, 0) is 9.53 Å². The zero-order valence-electron chi connectivity index (χ0n) is 16.0. The molecule has 0 radical (unpaired) electrons. The van der Waals surface area contributed by atoms with Gasteiger partial charge in [0.2, 0.25) is 5.56 Å². The van der Waals surface area contributed by atoms with Gasteiger partial charge < -0.3 is 15.0 Å². The van der Waals surface area contributed by atoms with E-state index < -0.39 is 12.1 Å². The molecular weight excluding hydrogens is 344 g/mol. The quantitative estimate of drug-likeness (QED) is 0.810. The first-order valence-corrected chi connectivity index (χ1v) is 9.50. The molecule has 6 heteroatoms. The second kappa shape index (κ2) is 7.94. The Morgan fingerprint density at radius 3 is 2.74 bits per heavy atom. The smallest absolute Gasteiger partial charge is 0.339 e. The van der Waals surface area contributed by atoms with E-state index in [2.05, 4.69) is 24.1 Å². The molecule has 0 aliphatic heterocycles. The number of hydrogen-bond acceptors (Lipinski definition) is 4. The lowest BCUT2D eigenvalue weighted by Crippen LogP contribution is -2.47. The minimum absolute atomic E-state index is 0.0998. The standard InChI is InChI=1S/C21H26N2O4/c1-12-7-6-10-17(13(12)2)23-20(25)14(3)27-21(26)16-11-19(24)22-18-9-5-4-8-15(16)18/h4-5,8-9,11-14,17H,6-7,10H2,1-3H3,(H,22,24)(H,23,25)/t12-,13-,14-,17+/m1/s1. The fraction of sp³-hybridized carbons (Fsp3) is 0.476. The number of pyridine rings is 1. The van der Waals surface area contributed by atoms with E-state index in [1.165, 1.54) is 12.5 Å². The van der Waals surface area contributed by atoms with E-state index in [0.717, 1.165) is 12.8 Å². The number of aromatic nitrogens is 1. The Morgan fingerprint density at radius 2 is 1.96 bits per heavy atom. The molecule has 2 N–H and O–H groups in total. The number of aromatic amines is 1. The number of fused-ring (bicyclic) bond motifs is 1. The number of carbonyl (C=O) groups is 2. The summed E-state index contributed by atoms with van der Waals surface area (Å²) in [4.78, 5) is 39.6. The number of amides is 1. The van der Waals surface area contributed by atoms with Gasteiger partial charge in [-0.2, -0.15) is 0 Å². The van der Waals surface area contributed by atoms with E-state index >= 15 is 0 Å². The molecule has 144 valence electrons. The second-order valence-corrected chi connectivity index (χ2v) is 7.52. The highest BCUT2D eigenvalue weighted by Crippen LogP contribution is 2.29. The van der Waals surface area contributed by atoms with E-state index in [9.17, 15) is 14.4 Å². The molecule has 3 rings (SSSR count). The van der Waals surface area contributed by atoms with E-state index in [4.69, 9.17) is 4.74 Å². The first kappa shape index (κ1) is 19.1. The van der Waals surface area contributed by atoms with E-state index in [1.54, 1.807) is 31.2 Å². The van der Waals surface area contributed by atoms with Gasteiger partial charge in [-0.3, -0.25) is 9.59 Å². The van der Waals surface area contributed by atoms with Crippen molar-refractivity contribution in [3.8, 4) is 0 Å². The molecule has 1 aliphatic rings. The number of hydrogen-bond donors (Lipinski definition) is 2. The largest absolute Gasteiger partial charge is 0.449 e. The molecular formula is C21H26N2O4. The third kappa shape index (κ3) is 4.21. The lowest BCUT2D eigenvalue weighted by atomic mass is 9.78. The van der Waals surface area contributed by atoms with E-state index in [-0.39, 0.29) is 23.1 Å².